The van der Waals surface area contributed by atoms with Gasteiger partial charge >= 0.3 is 0 Å². The van der Waals surface area contributed by atoms with Crippen molar-refractivity contribution < 1.29 is 0 Å². The standard InChI is InChI=1S/2C22H32/c2*1-3-4-18-7-11-20(12-8-18)22-15-13-21(14-16-22)19-9-5-17(2)6-10-19/h2*3-6,9-10,18,20-22H,7-8,11-16H2,1-2H3/b2*4-3+. The Morgan fingerprint density at radius 3 is 0.932 bits per heavy atom. The lowest BCUT2D eigenvalue weighted by Gasteiger charge is -2.37. The molecular weight excluding hydrogens is 528 g/mol. The van der Waals surface area contributed by atoms with E-state index >= 15 is 0 Å². The van der Waals surface area contributed by atoms with Crippen molar-refractivity contribution in [3.8, 4) is 0 Å². The monoisotopic (exact) mass is 593 g/mol. The minimum Gasteiger partial charge on any atom is -0.0914 e. The van der Waals surface area contributed by atoms with Crippen molar-refractivity contribution in [3.05, 3.63) is 95.1 Å². The van der Waals surface area contributed by atoms with Crippen molar-refractivity contribution in [1.29, 1.82) is 0 Å². The second-order valence-corrected chi connectivity index (χ2v) is 15.4. The van der Waals surface area contributed by atoms with Gasteiger partial charge < -0.3 is 0 Å². The molecule has 0 unspecified atom stereocenters. The zero-order chi connectivity index (χ0) is 30.7. The summed E-state index contributed by atoms with van der Waals surface area (Å²) in [6.07, 6.45) is 32.6. The first-order valence-corrected chi connectivity index (χ1v) is 18.9. The van der Waals surface area contributed by atoms with Crippen LogP contribution in [0.4, 0.5) is 0 Å². The van der Waals surface area contributed by atoms with E-state index in [1.165, 1.54) is 114 Å². The summed E-state index contributed by atoms with van der Waals surface area (Å²) in [4.78, 5) is 0. The smallest absolute Gasteiger partial charge is 0.0162 e. The normalized spacial score (nSPS) is 33.2. The number of allylic oxidation sites excluding steroid dienone is 4. The van der Waals surface area contributed by atoms with E-state index in [1.807, 2.05) is 0 Å². The van der Waals surface area contributed by atoms with E-state index in [0.29, 0.717) is 0 Å². The fraction of sp³-hybridized carbons (Fsp3) is 0.636. The van der Waals surface area contributed by atoms with Gasteiger partial charge in [-0.1, -0.05) is 84.0 Å². The van der Waals surface area contributed by atoms with Gasteiger partial charge in [0.1, 0.15) is 0 Å². The van der Waals surface area contributed by atoms with Gasteiger partial charge in [-0.15, -0.1) is 0 Å². The highest BCUT2D eigenvalue weighted by atomic mass is 14.4. The number of hydrogen-bond donors (Lipinski definition) is 0. The molecule has 0 heteroatoms. The largest absolute Gasteiger partial charge is 0.0914 e. The molecule has 4 saturated carbocycles. The summed E-state index contributed by atoms with van der Waals surface area (Å²) in [5.74, 6) is 7.52. The molecular formula is C44H64. The van der Waals surface area contributed by atoms with E-state index in [2.05, 4.69) is 101 Å². The fourth-order valence-corrected chi connectivity index (χ4v) is 9.69. The highest BCUT2D eigenvalue weighted by molar-refractivity contribution is 5.26. The van der Waals surface area contributed by atoms with Gasteiger partial charge in [0.25, 0.3) is 0 Å². The molecule has 0 saturated heterocycles. The summed E-state index contributed by atoms with van der Waals surface area (Å²) in [5.41, 5.74) is 5.94. The maximum atomic E-state index is 2.44. The molecule has 4 aliphatic carbocycles. The molecule has 0 N–H and O–H groups in total. The molecule has 2 aromatic carbocycles. The number of aryl methyl sites for hydroxylation is 2. The molecule has 0 heterocycles. The van der Waals surface area contributed by atoms with Crippen LogP contribution in [-0.4, -0.2) is 0 Å². The van der Waals surface area contributed by atoms with Crippen LogP contribution in [0.3, 0.4) is 0 Å². The predicted molar refractivity (Wildman–Crippen MR) is 192 cm³/mol. The summed E-state index contributed by atoms with van der Waals surface area (Å²) < 4.78 is 0. The van der Waals surface area contributed by atoms with E-state index in [-0.39, 0.29) is 0 Å². The molecule has 4 fully saturated rings. The molecule has 0 radical (unpaired) electrons. The highest BCUT2D eigenvalue weighted by Gasteiger charge is 2.32. The molecule has 2 aromatic rings. The van der Waals surface area contributed by atoms with Gasteiger partial charge in [0, 0.05) is 0 Å². The molecule has 4 aliphatic rings. The second-order valence-electron chi connectivity index (χ2n) is 15.4. The van der Waals surface area contributed by atoms with Gasteiger partial charge in [0.05, 0.1) is 0 Å². The van der Waals surface area contributed by atoms with Crippen LogP contribution in [0, 0.1) is 49.4 Å². The molecule has 0 nitrogen and oxygen atoms in total. The SMILES string of the molecule is C/C=C/C1CCC(C2CCC(c3ccc(C)cc3)CC2)CC1.C/C=C/C1CCC(C2CCC(c3ccc(C)cc3)CC2)CC1. The molecule has 44 heavy (non-hydrogen) atoms. The van der Waals surface area contributed by atoms with Crippen molar-refractivity contribution in [2.75, 3.05) is 0 Å². The summed E-state index contributed by atoms with van der Waals surface area (Å²) in [6.45, 7) is 8.70. The lowest BCUT2D eigenvalue weighted by molar-refractivity contribution is 0.171. The Hall–Kier alpha value is -2.08. The predicted octanol–water partition coefficient (Wildman–Crippen LogP) is 13.3. The van der Waals surface area contributed by atoms with Gasteiger partial charge in [0.15, 0.2) is 0 Å². The maximum absolute atomic E-state index is 2.44. The number of benzene rings is 2. The summed E-state index contributed by atoms with van der Waals surface area (Å²) in [7, 11) is 0. The van der Waals surface area contributed by atoms with Crippen molar-refractivity contribution >= 4 is 0 Å². The van der Waals surface area contributed by atoms with Crippen LogP contribution in [0.5, 0.6) is 0 Å². The summed E-state index contributed by atoms with van der Waals surface area (Å²) >= 11 is 0. The third kappa shape index (κ3) is 9.47. The lowest BCUT2D eigenvalue weighted by Crippen LogP contribution is -2.25. The van der Waals surface area contributed by atoms with Crippen LogP contribution in [0.25, 0.3) is 0 Å². The second kappa shape index (κ2) is 17.0. The highest BCUT2D eigenvalue weighted by Crippen LogP contribution is 2.45. The first kappa shape index (κ1) is 33.3. The Morgan fingerprint density at radius 2 is 0.659 bits per heavy atom. The molecule has 0 atom stereocenters. The average Bonchev–Trinajstić information content (AvgIpc) is 3.07. The molecule has 0 bridgehead atoms. The summed E-state index contributed by atoms with van der Waals surface area (Å²) in [6, 6.07) is 18.6. The van der Waals surface area contributed by atoms with Gasteiger partial charge in [-0.2, -0.15) is 0 Å². The van der Waals surface area contributed by atoms with Crippen molar-refractivity contribution in [2.45, 2.75) is 142 Å². The number of rotatable bonds is 6. The van der Waals surface area contributed by atoms with Crippen LogP contribution in [0.2, 0.25) is 0 Å². The average molecular weight is 593 g/mol. The summed E-state index contributed by atoms with van der Waals surface area (Å²) in [5, 5.41) is 0. The van der Waals surface area contributed by atoms with Gasteiger partial charge in [-0.3, -0.25) is 0 Å². The molecule has 6 rings (SSSR count). The van der Waals surface area contributed by atoms with Crippen molar-refractivity contribution in [3.63, 3.8) is 0 Å². The topological polar surface area (TPSA) is 0 Å². The Balaban J connectivity index is 0.000000175. The fourth-order valence-electron chi connectivity index (χ4n) is 9.69. The third-order valence-electron chi connectivity index (χ3n) is 12.5. The quantitative estimate of drug-likeness (QED) is 0.293. The van der Waals surface area contributed by atoms with E-state index in [0.717, 1.165) is 47.3 Å². The molecule has 0 aliphatic heterocycles. The Labute approximate surface area is 272 Å². The molecule has 0 spiro atoms. The minimum absolute atomic E-state index is 0.830. The Kier molecular flexibility index (Phi) is 12.9. The van der Waals surface area contributed by atoms with Crippen LogP contribution in [0.1, 0.15) is 151 Å². The van der Waals surface area contributed by atoms with Crippen molar-refractivity contribution in [1.82, 2.24) is 0 Å². The van der Waals surface area contributed by atoms with Gasteiger partial charge in [-0.25, -0.2) is 0 Å². The first-order chi connectivity index (χ1) is 21.5. The zero-order valence-electron chi connectivity index (χ0n) is 28.9. The van der Waals surface area contributed by atoms with Crippen LogP contribution in [0.15, 0.2) is 72.8 Å². The molecule has 0 amide bonds. The number of hydrogen-bond acceptors (Lipinski definition) is 0. The van der Waals surface area contributed by atoms with E-state index in [1.54, 1.807) is 11.1 Å². The molecule has 0 aromatic heterocycles. The minimum atomic E-state index is 0.830. The Morgan fingerprint density at radius 1 is 0.386 bits per heavy atom. The van der Waals surface area contributed by atoms with E-state index in [9.17, 15) is 0 Å². The first-order valence-electron chi connectivity index (χ1n) is 18.9. The van der Waals surface area contributed by atoms with E-state index < -0.39 is 0 Å². The third-order valence-corrected chi connectivity index (χ3v) is 12.5. The van der Waals surface area contributed by atoms with Crippen LogP contribution in [-0.2, 0) is 0 Å². The van der Waals surface area contributed by atoms with Crippen LogP contribution < -0.4 is 0 Å². The van der Waals surface area contributed by atoms with Gasteiger partial charge in [0.2, 0.25) is 0 Å². The lowest BCUT2D eigenvalue weighted by atomic mass is 9.68. The van der Waals surface area contributed by atoms with Crippen molar-refractivity contribution in [2.24, 2.45) is 35.5 Å². The van der Waals surface area contributed by atoms with Gasteiger partial charge in [-0.05, 0) is 189 Å². The van der Waals surface area contributed by atoms with E-state index in [4.69, 9.17) is 0 Å². The van der Waals surface area contributed by atoms with Crippen LogP contribution >= 0.6 is 0 Å². The zero-order valence-corrected chi connectivity index (χ0v) is 28.9. The maximum Gasteiger partial charge on any atom is -0.0162 e. The molecule has 240 valence electrons. The Bertz CT molecular complexity index is 1020.